The first-order valence-corrected chi connectivity index (χ1v) is 9.63. The Labute approximate surface area is 162 Å². The van der Waals surface area contributed by atoms with Gasteiger partial charge in [0, 0.05) is 52.8 Å². The number of methoxy groups -OCH3 is 1. The van der Waals surface area contributed by atoms with Crippen LogP contribution >= 0.6 is 0 Å². The zero-order valence-electron chi connectivity index (χ0n) is 16.7. The van der Waals surface area contributed by atoms with E-state index < -0.39 is 0 Å². The van der Waals surface area contributed by atoms with Crippen LogP contribution in [0, 0.1) is 0 Å². The Bertz CT molecular complexity index is 596. The highest BCUT2D eigenvalue weighted by molar-refractivity contribution is 5.80. The Morgan fingerprint density at radius 3 is 2.41 bits per heavy atom. The summed E-state index contributed by atoms with van der Waals surface area (Å²) in [6, 6.07) is 7.91. The van der Waals surface area contributed by atoms with Crippen LogP contribution in [0.3, 0.4) is 0 Å². The Kier molecular flexibility index (Phi) is 8.91. The number of benzene rings is 1. The second-order valence-corrected chi connectivity index (χ2v) is 6.48. The molecule has 150 valence electrons. The summed E-state index contributed by atoms with van der Waals surface area (Å²) in [4.78, 5) is 20.3. The van der Waals surface area contributed by atoms with Crippen LogP contribution in [0.1, 0.15) is 25.8 Å². The van der Waals surface area contributed by atoms with Crippen LogP contribution < -0.4 is 10.1 Å². The van der Waals surface area contributed by atoms with Gasteiger partial charge >= 0.3 is 0 Å². The summed E-state index contributed by atoms with van der Waals surface area (Å²) in [7, 11) is 1.66. The molecule has 1 saturated heterocycles. The molecule has 0 atom stereocenters. The highest BCUT2D eigenvalue weighted by atomic mass is 16.5. The molecule has 0 bridgehead atoms. The van der Waals surface area contributed by atoms with Gasteiger partial charge in [-0.1, -0.05) is 12.1 Å². The van der Waals surface area contributed by atoms with Crippen molar-refractivity contribution in [3.05, 3.63) is 29.8 Å². The predicted molar refractivity (Wildman–Crippen MR) is 107 cm³/mol. The monoisotopic (exact) mass is 376 g/mol. The smallest absolute Gasteiger partial charge is 0.219 e. The van der Waals surface area contributed by atoms with E-state index in [1.54, 1.807) is 14.0 Å². The molecule has 1 heterocycles. The highest BCUT2D eigenvalue weighted by Gasteiger charge is 2.20. The Morgan fingerprint density at radius 1 is 1.15 bits per heavy atom. The molecule has 7 heteroatoms. The number of piperazine rings is 1. The van der Waals surface area contributed by atoms with Crippen molar-refractivity contribution >= 4 is 11.9 Å². The van der Waals surface area contributed by atoms with Crippen molar-refractivity contribution in [2.45, 2.75) is 26.9 Å². The third kappa shape index (κ3) is 7.09. The number of aliphatic imine (C=N–C) groups is 1. The molecular weight excluding hydrogens is 344 g/mol. The van der Waals surface area contributed by atoms with E-state index in [4.69, 9.17) is 14.5 Å². The van der Waals surface area contributed by atoms with Crippen molar-refractivity contribution in [3.63, 3.8) is 0 Å². The second kappa shape index (κ2) is 11.4. The lowest BCUT2D eigenvalue weighted by molar-refractivity contribution is -0.130. The summed E-state index contributed by atoms with van der Waals surface area (Å²) < 4.78 is 10.9. The van der Waals surface area contributed by atoms with Crippen molar-refractivity contribution in [2.24, 2.45) is 4.99 Å². The molecule has 0 spiro atoms. The van der Waals surface area contributed by atoms with E-state index in [1.807, 2.05) is 29.2 Å². The molecule has 0 unspecified atom stereocenters. The highest BCUT2D eigenvalue weighted by Crippen LogP contribution is 2.12. The van der Waals surface area contributed by atoms with Gasteiger partial charge in [0.2, 0.25) is 5.91 Å². The third-order valence-electron chi connectivity index (χ3n) is 4.50. The zero-order valence-corrected chi connectivity index (χ0v) is 16.7. The van der Waals surface area contributed by atoms with Gasteiger partial charge in [-0.25, -0.2) is 0 Å². The molecule has 0 radical (unpaired) electrons. The predicted octanol–water partition coefficient (Wildman–Crippen LogP) is 1.73. The lowest BCUT2D eigenvalue weighted by atomic mass is 10.2. The molecule has 1 amide bonds. The number of nitrogens with one attached hydrogen (secondary N) is 1. The minimum atomic E-state index is 0.144. The van der Waals surface area contributed by atoms with Crippen LogP contribution in [0.4, 0.5) is 0 Å². The number of carbonyl (C=O) groups is 1. The molecule has 0 aliphatic carbocycles. The van der Waals surface area contributed by atoms with Gasteiger partial charge in [0.25, 0.3) is 0 Å². The largest absolute Gasteiger partial charge is 0.497 e. The summed E-state index contributed by atoms with van der Waals surface area (Å²) in [6.45, 7) is 9.67. The first-order valence-electron chi connectivity index (χ1n) is 9.63. The van der Waals surface area contributed by atoms with Crippen molar-refractivity contribution in [2.75, 3.05) is 53.0 Å². The van der Waals surface area contributed by atoms with Gasteiger partial charge in [0.1, 0.15) is 5.75 Å². The maximum Gasteiger partial charge on any atom is 0.219 e. The summed E-state index contributed by atoms with van der Waals surface area (Å²) in [6.07, 6.45) is 0.873. The quantitative estimate of drug-likeness (QED) is 0.425. The number of amides is 1. The summed E-state index contributed by atoms with van der Waals surface area (Å²) in [5, 5.41) is 3.34. The molecule has 27 heavy (non-hydrogen) atoms. The third-order valence-corrected chi connectivity index (χ3v) is 4.50. The number of nitrogens with zero attached hydrogens (tertiary/aromatic N) is 3. The maximum absolute atomic E-state index is 11.4. The van der Waals surface area contributed by atoms with Crippen LogP contribution in [0.25, 0.3) is 0 Å². The van der Waals surface area contributed by atoms with Gasteiger partial charge in [-0.2, -0.15) is 0 Å². The number of guanidine groups is 1. The van der Waals surface area contributed by atoms with Crippen LogP contribution in [-0.4, -0.2) is 74.7 Å². The fourth-order valence-corrected chi connectivity index (χ4v) is 2.92. The first kappa shape index (κ1) is 21.0. The number of carbonyl (C=O) groups excluding carboxylic acids is 1. The van der Waals surface area contributed by atoms with Crippen molar-refractivity contribution in [3.8, 4) is 5.75 Å². The maximum atomic E-state index is 11.4. The van der Waals surface area contributed by atoms with Crippen LogP contribution in [0.15, 0.2) is 29.3 Å². The molecule has 7 nitrogen and oxygen atoms in total. The van der Waals surface area contributed by atoms with Crippen molar-refractivity contribution in [1.29, 1.82) is 0 Å². The molecule has 1 aliphatic heterocycles. The molecular formula is C20H32N4O3. The lowest BCUT2D eigenvalue weighted by Gasteiger charge is -2.36. The van der Waals surface area contributed by atoms with E-state index in [-0.39, 0.29) is 5.91 Å². The standard InChI is InChI=1S/C20H32N4O3/c1-4-21-20(24-13-11-23(12-14-24)17(2)25)22-10-5-15-27-16-18-6-8-19(26-3)9-7-18/h6-9H,4-5,10-16H2,1-3H3,(H,21,22). The fourth-order valence-electron chi connectivity index (χ4n) is 2.92. The molecule has 1 N–H and O–H groups in total. The van der Waals surface area contributed by atoms with Gasteiger partial charge in [-0.05, 0) is 31.0 Å². The minimum Gasteiger partial charge on any atom is -0.497 e. The normalized spacial score (nSPS) is 15.0. The topological polar surface area (TPSA) is 66.4 Å². The Balaban J connectivity index is 1.69. The van der Waals surface area contributed by atoms with Gasteiger partial charge in [-0.3, -0.25) is 9.79 Å². The SMILES string of the molecule is CCNC(=NCCCOCc1ccc(OC)cc1)N1CCN(C(C)=O)CC1. The van der Waals surface area contributed by atoms with E-state index >= 15 is 0 Å². The molecule has 1 aliphatic rings. The van der Waals surface area contributed by atoms with Crippen LogP contribution in [0.5, 0.6) is 5.75 Å². The Morgan fingerprint density at radius 2 is 1.81 bits per heavy atom. The molecule has 0 saturated carbocycles. The van der Waals surface area contributed by atoms with E-state index in [1.165, 1.54) is 0 Å². The molecule has 2 rings (SSSR count). The molecule has 1 fully saturated rings. The minimum absolute atomic E-state index is 0.144. The van der Waals surface area contributed by atoms with Crippen molar-refractivity contribution < 1.29 is 14.3 Å². The lowest BCUT2D eigenvalue weighted by Crippen LogP contribution is -2.53. The second-order valence-electron chi connectivity index (χ2n) is 6.48. The van der Waals surface area contributed by atoms with E-state index in [0.29, 0.717) is 13.2 Å². The van der Waals surface area contributed by atoms with Gasteiger partial charge < -0.3 is 24.6 Å². The summed E-state index contributed by atoms with van der Waals surface area (Å²) in [5.74, 6) is 1.93. The average molecular weight is 377 g/mol. The van der Waals surface area contributed by atoms with E-state index in [2.05, 4.69) is 17.1 Å². The average Bonchev–Trinajstić information content (AvgIpc) is 2.70. The van der Waals surface area contributed by atoms with Gasteiger partial charge in [-0.15, -0.1) is 0 Å². The molecule has 0 aromatic heterocycles. The van der Waals surface area contributed by atoms with Crippen LogP contribution in [0.2, 0.25) is 0 Å². The summed E-state index contributed by atoms with van der Waals surface area (Å²) in [5.41, 5.74) is 1.14. The number of rotatable bonds is 8. The van der Waals surface area contributed by atoms with E-state index in [0.717, 1.165) is 63.0 Å². The number of hydrogen-bond acceptors (Lipinski definition) is 4. The van der Waals surface area contributed by atoms with Gasteiger partial charge in [0.15, 0.2) is 5.96 Å². The first-order chi connectivity index (χ1) is 13.1. The molecule has 1 aromatic carbocycles. The molecule has 1 aromatic rings. The fraction of sp³-hybridized carbons (Fsp3) is 0.600. The van der Waals surface area contributed by atoms with Gasteiger partial charge in [0.05, 0.1) is 13.7 Å². The van der Waals surface area contributed by atoms with Crippen LogP contribution in [-0.2, 0) is 16.1 Å². The Hall–Kier alpha value is -2.28. The zero-order chi connectivity index (χ0) is 19.5. The number of hydrogen-bond donors (Lipinski definition) is 1. The number of ether oxygens (including phenoxy) is 2. The summed E-state index contributed by atoms with van der Waals surface area (Å²) >= 11 is 0. The van der Waals surface area contributed by atoms with Crippen molar-refractivity contribution in [1.82, 2.24) is 15.1 Å². The van der Waals surface area contributed by atoms with E-state index in [9.17, 15) is 4.79 Å².